The van der Waals surface area contributed by atoms with Crippen LogP contribution in [0.5, 0.6) is 0 Å². The molecule has 0 saturated carbocycles. The van der Waals surface area contributed by atoms with E-state index in [9.17, 15) is 19.5 Å². The standard InChI is InChI=1S/C27H31N9O4/c1-14-7-6-10-17(15(14)2)23(39)30-19-12-36-25(29)31-18(21-27(36,22(19)38)33-24(28)32-21)11-35-20(37)13-34(26(35)40)16-8-4-3-5-9-16/h3-10,18-19,21-22,38H,11-13H2,1-2H3,(H2,29,31)(H,30,39)(H3,28,32,33). The average molecular weight is 546 g/mol. The highest BCUT2D eigenvalue weighted by Gasteiger charge is 2.66. The SMILES string of the molecule is Cc1cccc(C(=O)NC2CN3C(N)=NC(CN4C(=O)CN(c5ccccc5)C4=O)C4N=C(N)NC43C2O)c1C. The van der Waals surface area contributed by atoms with E-state index in [1.807, 2.05) is 32.0 Å². The van der Waals surface area contributed by atoms with Crippen molar-refractivity contribution in [1.29, 1.82) is 0 Å². The van der Waals surface area contributed by atoms with Gasteiger partial charge in [0.15, 0.2) is 17.6 Å². The molecular weight excluding hydrogens is 514 g/mol. The van der Waals surface area contributed by atoms with E-state index >= 15 is 0 Å². The number of aliphatic hydroxyl groups excluding tert-OH is 1. The van der Waals surface area contributed by atoms with Gasteiger partial charge in [-0.3, -0.25) is 19.4 Å². The fourth-order valence-electron chi connectivity index (χ4n) is 6.15. The number of aliphatic imine (C=N–C) groups is 2. The topological polar surface area (TPSA) is 182 Å². The third-order valence-corrected chi connectivity index (χ3v) is 8.31. The minimum absolute atomic E-state index is 0.0652. The highest BCUT2D eigenvalue weighted by atomic mass is 16.3. The highest BCUT2D eigenvalue weighted by Crippen LogP contribution is 2.40. The third kappa shape index (κ3) is 3.76. The number of nitrogens with zero attached hydrogens (tertiary/aromatic N) is 5. The second-order valence-electron chi connectivity index (χ2n) is 10.6. The number of guanidine groups is 2. The normalized spacial score (nSPS) is 29.1. The van der Waals surface area contributed by atoms with Gasteiger partial charge in [0, 0.05) is 17.8 Å². The summed E-state index contributed by atoms with van der Waals surface area (Å²) in [5.41, 5.74) is 14.1. The maximum atomic E-state index is 13.2. The molecular formula is C27H31N9O4. The smallest absolute Gasteiger partial charge is 0.331 e. The predicted molar refractivity (Wildman–Crippen MR) is 147 cm³/mol. The average Bonchev–Trinajstić information content (AvgIpc) is 3.53. The van der Waals surface area contributed by atoms with Crippen LogP contribution in [0.25, 0.3) is 0 Å². The molecule has 1 spiro atoms. The van der Waals surface area contributed by atoms with Crippen LogP contribution in [0.15, 0.2) is 58.5 Å². The van der Waals surface area contributed by atoms with E-state index in [2.05, 4.69) is 20.6 Å². The van der Waals surface area contributed by atoms with Crippen LogP contribution in [0.1, 0.15) is 21.5 Å². The van der Waals surface area contributed by atoms with Crippen molar-refractivity contribution in [2.24, 2.45) is 21.5 Å². The first-order chi connectivity index (χ1) is 19.1. The number of para-hydroxylation sites is 1. The van der Waals surface area contributed by atoms with Gasteiger partial charge in [0.1, 0.15) is 18.7 Å². The summed E-state index contributed by atoms with van der Waals surface area (Å²) in [4.78, 5) is 52.7. The molecule has 4 aliphatic rings. The maximum Gasteiger partial charge on any atom is 0.331 e. The Morgan fingerprint density at radius 3 is 2.62 bits per heavy atom. The Bertz CT molecular complexity index is 1460. The van der Waals surface area contributed by atoms with Crippen LogP contribution in [0, 0.1) is 13.8 Å². The highest BCUT2D eigenvalue weighted by molar-refractivity contribution is 6.12. The zero-order valence-corrected chi connectivity index (χ0v) is 22.1. The van der Waals surface area contributed by atoms with Crippen molar-refractivity contribution in [2.45, 2.75) is 43.7 Å². The number of carbonyl (C=O) groups is 3. The lowest BCUT2D eigenvalue weighted by Gasteiger charge is -2.46. The summed E-state index contributed by atoms with van der Waals surface area (Å²) >= 11 is 0. The maximum absolute atomic E-state index is 13.2. The first-order valence-corrected chi connectivity index (χ1v) is 13.1. The van der Waals surface area contributed by atoms with Crippen molar-refractivity contribution >= 4 is 35.5 Å². The third-order valence-electron chi connectivity index (χ3n) is 8.31. The molecule has 0 radical (unpaired) electrons. The summed E-state index contributed by atoms with van der Waals surface area (Å²) in [5.74, 6) is -0.561. The molecule has 6 rings (SSSR count). The van der Waals surface area contributed by atoms with Crippen LogP contribution in [-0.4, -0.2) is 94.2 Å². The van der Waals surface area contributed by atoms with Gasteiger partial charge in [0.2, 0.25) is 0 Å². The molecule has 2 saturated heterocycles. The molecule has 0 aromatic heterocycles. The quantitative estimate of drug-likeness (QED) is 0.304. The summed E-state index contributed by atoms with van der Waals surface area (Å²) in [6, 6.07) is 11.6. The molecule has 2 fully saturated rings. The molecule has 208 valence electrons. The number of amides is 4. The Morgan fingerprint density at radius 2 is 1.88 bits per heavy atom. The van der Waals surface area contributed by atoms with E-state index in [1.165, 1.54) is 4.90 Å². The first-order valence-electron chi connectivity index (χ1n) is 13.1. The first kappa shape index (κ1) is 25.6. The molecule has 13 heteroatoms. The van der Waals surface area contributed by atoms with Crippen LogP contribution in [0.2, 0.25) is 0 Å². The minimum atomic E-state index is -1.31. The number of hydrogen-bond donors (Lipinski definition) is 5. The van der Waals surface area contributed by atoms with Gasteiger partial charge in [-0.05, 0) is 43.2 Å². The number of anilines is 1. The summed E-state index contributed by atoms with van der Waals surface area (Å²) in [5, 5.41) is 17.7. The lowest BCUT2D eigenvalue weighted by Crippen LogP contribution is -2.73. The molecule has 2 aromatic rings. The van der Waals surface area contributed by atoms with Crippen molar-refractivity contribution in [2.75, 3.05) is 24.5 Å². The number of rotatable bonds is 5. The zero-order chi connectivity index (χ0) is 28.3. The van der Waals surface area contributed by atoms with Crippen LogP contribution >= 0.6 is 0 Å². The predicted octanol–water partition coefficient (Wildman–Crippen LogP) is -0.773. The van der Waals surface area contributed by atoms with Crippen molar-refractivity contribution in [3.05, 3.63) is 65.2 Å². The van der Waals surface area contributed by atoms with Gasteiger partial charge in [0.25, 0.3) is 11.8 Å². The fourth-order valence-corrected chi connectivity index (χ4v) is 6.15. The Balaban J connectivity index is 1.26. The number of benzene rings is 2. The lowest BCUT2D eigenvalue weighted by atomic mass is 9.87. The van der Waals surface area contributed by atoms with E-state index in [0.29, 0.717) is 11.3 Å². The molecule has 4 amide bonds. The number of urea groups is 1. The lowest BCUT2D eigenvalue weighted by molar-refractivity contribution is -0.125. The summed E-state index contributed by atoms with van der Waals surface area (Å²) in [6.07, 6.45) is -1.20. The van der Waals surface area contributed by atoms with Crippen LogP contribution < -0.4 is 27.0 Å². The van der Waals surface area contributed by atoms with Gasteiger partial charge in [-0.25, -0.2) is 14.8 Å². The van der Waals surface area contributed by atoms with Crippen LogP contribution in [-0.2, 0) is 4.79 Å². The second-order valence-corrected chi connectivity index (χ2v) is 10.6. The molecule has 5 unspecified atom stereocenters. The van der Waals surface area contributed by atoms with Gasteiger partial charge in [-0.2, -0.15) is 0 Å². The monoisotopic (exact) mass is 545 g/mol. The summed E-state index contributed by atoms with van der Waals surface area (Å²) < 4.78 is 0. The van der Waals surface area contributed by atoms with Gasteiger partial charge >= 0.3 is 6.03 Å². The summed E-state index contributed by atoms with van der Waals surface area (Å²) in [7, 11) is 0. The van der Waals surface area contributed by atoms with Crippen LogP contribution in [0.3, 0.4) is 0 Å². The summed E-state index contributed by atoms with van der Waals surface area (Å²) in [6.45, 7) is 3.74. The Kier molecular flexibility index (Phi) is 5.91. The number of aliphatic hydroxyl groups is 1. The second kappa shape index (κ2) is 9.23. The Labute approximate surface area is 230 Å². The van der Waals surface area contributed by atoms with Crippen molar-refractivity contribution in [3.63, 3.8) is 0 Å². The zero-order valence-electron chi connectivity index (χ0n) is 22.1. The molecule has 4 aliphatic heterocycles. The minimum Gasteiger partial charge on any atom is -0.386 e. The number of hydrogen-bond acceptors (Lipinski definition) is 10. The Morgan fingerprint density at radius 1 is 1.12 bits per heavy atom. The van der Waals surface area contributed by atoms with Crippen molar-refractivity contribution in [1.82, 2.24) is 20.4 Å². The van der Waals surface area contributed by atoms with Crippen molar-refractivity contribution in [3.8, 4) is 0 Å². The number of imide groups is 1. The van der Waals surface area contributed by atoms with Gasteiger partial charge < -0.3 is 32.1 Å². The largest absolute Gasteiger partial charge is 0.386 e. The number of carbonyl (C=O) groups excluding carboxylic acids is 3. The van der Waals surface area contributed by atoms with E-state index in [1.54, 1.807) is 35.2 Å². The molecule has 0 bridgehead atoms. The molecule has 0 aliphatic carbocycles. The van der Waals surface area contributed by atoms with E-state index in [-0.39, 0.29) is 43.4 Å². The van der Waals surface area contributed by atoms with E-state index in [4.69, 9.17) is 11.5 Å². The van der Waals surface area contributed by atoms with Gasteiger partial charge in [0.05, 0.1) is 18.6 Å². The molecule has 2 aromatic carbocycles. The Hall–Kier alpha value is -4.65. The molecule has 5 atom stereocenters. The molecule has 7 N–H and O–H groups in total. The van der Waals surface area contributed by atoms with Gasteiger partial charge in [-0.15, -0.1) is 0 Å². The fraction of sp³-hybridized carbons (Fsp3) is 0.370. The number of nitrogens with two attached hydrogens (primary N) is 2. The molecule has 40 heavy (non-hydrogen) atoms. The van der Waals surface area contributed by atoms with Crippen LogP contribution in [0.4, 0.5) is 10.5 Å². The van der Waals surface area contributed by atoms with E-state index < -0.39 is 35.9 Å². The van der Waals surface area contributed by atoms with E-state index in [0.717, 1.165) is 16.0 Å². The van der Waals surface area contributed by atoms with Crippen molar-refractivity contribution < 1.29 is 19.5 Å². The number of aryl methyl sites for hydroxylation is 1. The molecule has 13 nitrogen and oxygen atoms in total. The van der Waals surface area contributed by atoms with Gasteiger partial charge in [-0.1, -0.05) is 30.3 Å². The number of nitrogens with one attached hydrogen (secondary N) is 2. The molecule has 4 heterocycles.